The van der Waals surface area contributed by atoms with E-state index < -0.39 is 10.9 Å². The summed E-state index contributed by atoms with van der Waals surface area (Å²) in [6, 6.07) is 11.2. The van der Waals surface area contributed by atoms with Crippen LogP contribution in [-0.2, 0) is 0 Å². The molecule has 0 aliphatic rings. The molecule has 0 amide bonds. The van der Waals surface area contributed by atoms with Gasteiger partial charge in [0.2, 0.25) is 0 Å². The third-order valence-corrected chi connectivity index (χ3v) is 2.52. The van der Waals surface area contributed by atoms with Crippen molar-refractivity contribution in [1.82, 2.24) is 0 Å². The van der Waals surface area contributed by atoms with Gasteiger partial charge in [-0.2, -0.15) is 0 Å². The highest BCUT2D eigenvalue weighted by Crippen LogP contribution is 2.17. The average molecular weight is 271 g/mol. The van der Waals surface area contributed by atoms with Crippen LogP contribution in [0.15, 0.2) is 48.5 Å². The molecule has 0 atom stereocenters. The molecule has 0 heterocycles. The summed E-state index contributed by atoms with van der Waals surface area (Å²) in [6.45, 7) is 0. The fraction of sp³-hybridized carbons (Fsp3) is 0. The molecule has 0 radical (unpaired) electrons. The summed E-state index contributed by atoms with van der Waals surface area (Å²) in [5.41, 5.74) is 0.356. The zero-order valence-electron chi connectivity index (χ0n) is 10.2. The molecule has 0 spiro atoms. The second kappa shape index (κ2) is 5.75. The minimum atomic E-state index is -0.701. The summed E-state index contributed by atoms with van der Waals surface area (Å²) in [4.78, 5) is 32.4. The second-order valence-corrected chi connectivity index (χ2v) is 3.88. The third-order valence-electron chi connectivity index (χ3n) is 2.52. The van der Waals surface area contributed by atoms with Gasteiger partial charge in [0.05, 0.1) is 10.5 Å². The molecule has 2 aromatic carbocycles. The van der Waals surface area contributed by atoms with Gasteiger partial charge in [-0.05, 0) is 30.3 Å². The number of nitrogens with zero attached hydrogens (tertiary/aromatic N) is 1. The first-order valence-electron chi connectivity index (χ1n) is 5.62. The van der Waals surface area contributed by atoms with Crippen molar-refractivity contribution in [2.45, 2.75) is 0 Å². The van der Waals surface area contributed by atoms with E-state index >= 15 is 0 Å². The fourth-order valence-electron chi connectivity index (χ4n) is 1.53. The molecule has 0 fully saturated rings. The van der Waals surface area contributed by atoms with Crippen molar-refractivity contribution >= 4 is 17.9 Å². The zero-order valence-corrected chi connectivity index (χ0v) is 10.2. The lowest BCUT2D eigenvalue weighted by molar-refractivity contribution is -0.384. The number of carbonyl (C=O) groups excluding carboxylic acids is 2. The van der Waals surface area contributed by atoms with E-state index in [1.165, 1.54) is 42.5 Å². The Kier molecular flexibility index (Phi) is 3.85. The Balaban J connectivity index is 2.16. The Morgan fingerprint density at radius 1 is 1.15 bits per heavy atom. The summed E-state index contributed by atoms with van der Waals surface area (Å²) in [6.07, 6.45) is 0.673. The van der Waals surface area contributed by atoms with Gasteiger partial charge in [0.15, 0.2) is 0 Å². The molecule has 20 heavy (non-hydrogen) atoms. The highest BCUT2D eigenvalue weighted by atomic mass is 16.6. The van der Waals surface area contributed by atoms with Crippen LogP contribution in [0.5, 0.6) is 5.75 Å². The maximum absolute atomic E-state index is 11.8. The van der Waals surface area contributed by atoms with Gasteiger partial charge >= 0.3 is 5.97 Å². The number of benzene rings is 2. The van der Waals surface area contributed by atoms with Crippen LogP contribution in [0, 0.1) is 10.1 Å². The van der Waals surface area contributed by atoms with E-state index in [4.69, 9.17) is 4.74 Å². The number of nitro groups is 1. The van der Waals surface area contributed by atoms with Gasteiger partial charge < -0.3 is 4.74 Å². The highest BCUT2D eigenvalue weighted by molar-refractivity contribution is 5.91. The molecular formula is C14H9NO5. The number of hydrogen-bond acceptors (Lipinski definition) is 5. The van der Waals surface area contributed by atoms with Crippen LogP contribution in [0.25, 0.3) is 0 Å². The maximum atomic E-state index is 11.8. The summed E-state index contributed by atoms with van der Waals surface area (Å²) < 4.78 is 5.06. The van der Waals surface area contributed by atoms with E-state index in [1.807, 2.05) is 0 Å². The van der Waals surface area contributed by atoms with Crippen LogP contribution in [0.2, 0.25) is 0 Å². The number of hydrogen-bond donors (Lipinski definition) is 0. The Labute approximate surface area is 113 Å². The Hall–Kier alpha value is -3.02. The summed E-state index contributed by atoms with van der Waals surface area (Å²) in [5, 5.41) is 10.6. The van der Waals surface area contributed by atoms with Crippen molar-refractivity contribution in [3.63, 3.8) is 0 Å². The molecule has 2 aromatic rings. The number of carbonyl (C=O) groups is 2. The van der Waals surface area contributed by atoms with Gasteiger partial charge in [-0.25, -0.2) is 4.79 Å². The van der Waals surface area contributed by atoms with E-state index in [0.717, 1.165) is 6.07 Å². The predicted octanol–water partition coefficient (Wildman–Crippen LogP) is 2.63. The van der Waals surface area contributed by atoms with Gasteiger partial charge in [-0.15, -0.1) is 0 Å². The molecule has 0 aliphatic carbocycles. The first-order chi connectivity index (χ1) is 9.60. The number of ether oxygens (including phenoxy) is 1. The van der Waals surface area contributed by atoms with Gasteiger partial charge in [-0.1, -0.05) is 6.07 Å². The van der Waals surface area contributed by atoms with Crippen molar-refractivity contribution in [2.24, 2.45) is 0 Å². The fourth-order valence-corrected chi connectivity index (χ4v) is 1.53. The standard InChI is InChI=1S/C14H9NO5/c16-9-10-4-6-13(7-5-10)20-14(17)11-2-1-3-12(8-11)15(18)19/h1-9H. The lowest BCUT2D eigenvalue weighted by Gasteiger charge is -2.04. The number of aldehydes is 1. The molecule has 0 saturated heterocycles. The number of esters is 1. The lowest BCUT2D eigenvalue weighted by atomic mass is 10.2. The van der Waals surface area contributed by atoms with Crippen LogP contribution in [0.3, 0.4) is 0 Å². The van der Waals surface area contributed by atoms with Crippen LogP contribution < -0.4 is 4.74 Å². The van der Waals surface area contributed by atoms with E-state index in [2.05, 4.69) is 0 Å². The number of non-ortho nitro benzene ring substituents is 1. The molecule has 0 bridgehead atoms. The zero-order chi connectivity index (χ0) is 14.5. The quantitative estimate of drug-likeness (QED) is 0.280. The third kappa shape index (κ3) is 3.05. The summed E-state index contributed by atoms with van der Waals surface area (Å²) in [7, 11) is 0. The van der Waals surface area contributed by atoms with Gasteiger partial charge in [0, 0.05) is 17.7 Å². The van der Waals surface area contributed by atoms with Gasteiger partial charge in [-0.3, -0.25) is 14.9 Å². The van der Waals surface area contributed by atoms with Gasteiger partial charge in [0.25, 0.3) is 5.69 Å². The number of nitro benzene ring substituents is 1. The van der Waals surface area contributed by atoms with Crippen LogP contribution in [0.4, 0.5) is 5.69 Å². The first kappa shape index (κ1) is 13.4. The highest BCUT2D eigenvalue weighted by Gasteiger charge is 2.13. The van der Waals surface area contributed by atoms with Crippen molar-refractivity contribution in [1.29, 1.82) is 0 Å². The molecule has 0 unspecified atom stereocenters. The predicted molar refractivity (Wildman–Crippen MR) is 69.9 cm³/mol. The second-order valence-electron chi connectivity index (χ2n) is 3.88. The smallest absolute Gasteiger partial charge is 0.343 e. The van der Waals surface area contributed by atoms with E-state index in [9.17, 15) is 19.7 Å². The summed E-state index contributed by atoms with van der Waals surface area (Å²) in [5.74, 6) is -0.445. The monoisotopic (exact) mass is 271 g/mol. The van der Waals surface area contributed by atoms with E-state index in [0.29, 0.717) is 11.8 Å². The Bertz CT molecular complexity index is 664. The molecule has 2 rings (SSSR count). The molecular weight excluding hydrogens is 262 g/mol. The van der Waals surface area contributed by atoms with Crippen molar-refractivity contribution in [3.05, 3.63) is 69.8 Å². The average Bonchev–Trinajstić information content (AvgIpc) is 2.48. The number of rotatable bonds is 4. The van der Waals surface area contributed by atoms with Crippen LogP contribution in [-0.4, -0.2) is 17.2 Å². The minimum absolute atomic E-state index is 0.0821. The Morgan fingerprint density at radius 2 is 1.85 bits per heavy atom. The van der Waals surface area contributed by atoms with Crippen molar-refractivity contribution < 1.29 is 19.2 Å². The molecule has 0 N–H and O–H groups in total. The van der Waals surface area contributed by atoms with Crippen molar-refractivity contribution in [3.8, 4) is 5.75 Å². The molecule has 0 aliphatic heterocycles. The van der Waals surface area contributed by atoms with Gasteiger partial charge in [0.1, 0.15) is 12.0 Å². The van der Waals surface area contributed by atoms with E-state index in [-0.39, 0.29) is 17.0 Å². The first-order valence-corrected chi connectivity index (χ1v) is 5.62. The van der Waals surface area contributed by atoms with E-state index in [1.54, 1.807) is 0 Å². The molecule has 100 valence electrons. The van der Waals surface area contributed by atoms with Crippen LogP contribution >= 0.6 is 0 Å². The minimum Gasteiger partial charge on any atom is -0.423 e. The van der Waals surface area contributed by atoms with Crippen molar-refractivity contribution in [2.75, 3.05) is 0 Å². The topological polar surface area (TPSA) is 86.5 Å². The normalized spacial score (nSPS) is 9.80. The molecule has 0 saturated carbocycles. The Morgan fingerprint density at radius 3 is 2.45 bits per heavy atom. The maximum Gasteiger partial charge on any atom is 0.343 e. The molecule has 0 aromatic heterocycles. The molecule has 6 heteroatoms. The SMILES string of the molecule is O=Cc1ccc(OC(=O)c2cccc([N+](=O)[O-])c2)cc1. The molecule has 6 nitrogen and oxygen atoms in total. The van der Waals surface area contributed by atoms with Crippen LogP contribution in [0.1, 0.15) is 20.7 Å². The largest absolute Gasteiger partial charge is 0.423 e. The lowest BCUT2D eigenvalue weighted by Crippen LogP contribution is -2.08. The summed E-state index contributed by atoms with van der Waals surface area (Å²) >= 11 is 0.